The quantitative estimate of drug-likeness (QED) is 0.517. The molecule has 0 spiro atoms. The van der Waals surface area contributed by atoms with Gasteiger partial charge in [0.15, 0.2) is 5.69 Å². The number of aryl methyl sites for hydroxylation is 1. The van der Waals surface area contributed by atoms with Crippen LogP contribution in [0.3, 0.4) is 0 Å². The van der Waals surface area contributed by atoms with Crippen molar-refractivity contribution in [2.24, 2.45) is 0 Å². The number of nitrogens with zero attached hydrogens (tertiary/aromatic N) is 5. The summed E-state index contributed by atoms with van der Waals surface area (Å²) in [5.74, 6) is -0.0802. The standard InChI is InChI=1S/C21H16N6O3/c1-12-3-4-16(27-11-14(10-22)17(23)18(27)21(28)29-2)15(9-12)20-26-25-19(30-20)13-5-7-24-8-6-13/h3-9,11H,23H2,1-2H3. The van der Waals surface area contributed by atoms with Gasteiger partial charge in [0.1, 0.15) is 6.07 Å². The molecule has 0 aliphatic rings. The summed E-state index contributed by atoms with van der Waals surface area (Å²) in [6.45, 7) is 1.92. The molecule has 0 radical (unpaired) electrons. The number of nitrogen functional groups attached to an aromatic ring is 1. The number of anilines is 1. The maximum absolute atomic E-state index is 12.4. The fourth-order valence-corrected chi connectivity index (χ4v) is 3.08. The number of nitriles is 1. The van der Waals surface area contributed by atoms with E-state index in [9.17, 15) is 10.1 Å². The number of carbonyl (C=O) groups excluding carboxylic acids is 1. The molecule has 0 saturated heterocycles. The lowest BCUT2D eigenvalue weighted by Crippen LogP contribution is -2.11. The largest absolute Gasteiger partial charge is 0.464 e. The Balaban J connectivity index is 1.91. The highest BCUT2D eigenvalue weighted by Gasteiger charge is 2.24. The van der Waals surface area contributed by atoms with Crippen molar-refractivity contribution in [2.45, 2.75) is 6.92 Å². The molecule has 9 heteroatoms. The number of hydrogen-bond acceptors (Lipinski definition) is 8. The van der Waals surface area contributed by atoms with Crippen LogP contribution in [0.2, 0.25) is 0 Å². The summed E-state index contributed by atoms with van der Waals surface area (Å²) in [6.07, 6.45) is 4.74. The number of methoxy groups -OCH3 is 1. The van der Waals surface area contributed by atoms with E-state index in [0.717, 1.165) is 11.1 Å². The molecule has 1 aromatic carbocycles. The van der Waals surface area contributed by atoms with Crippen LogP contribution in [0.4, 0.5) is 5.69 Å². The van der Waals surface area contributed by atoms with Crippen LogP contribution in [0.25, 0.3) is 28.6 Å². The van der Waals surface area contributed by atoms with E-state index in [2.05, 4.69) is 15.2 Å². The maximum atomic E-state index is 12.4. The van der Waals surface area contributed by atoms with Crippen molar-refractivity contribution >= 4 is 11.7 Å². The molecule has 0 fully saturated rings. The molecule has 0 saturated carbocycles. The fraction of sp³-hybridized carbons (Fsp3) is 0.0952. The molecule has 3 aromatic heterocycles. The molecule has 30 heavy (non-hydrogen) atoms. The van der Waals surface area contributed by atoms with Gasteiger partial charge in [0.25, 0.3) is 0 Å². The lowest BCUT2D eigenvalue weighted by Gasteiger charge is -2.12. The summed E-state index contributed by atoms with van der Waals surface area (Å²) in [5, 5.41) is 17.7. The van der Waals surface area contributed by atoms with Gasteiger partial charge < -0.3 is 19.5 Å². The molecule has 2 N–H and O–H groups in total. The van der Waals surface area contributed by atoms with Crippen molar-refractivity contribution in [3.05, 3.63) is 65.7 Å². The first-order valence-electron chi connectivity index (χ1n) is 8.88. The predicted octanol–water partition coefficient (Wildman–Crippen LogP) is 3.14. The normalized spacial score (nSPS) is 10.6. The molecule has 0 aliphatic heterocycles. The second kappa shape index (κ2) is 7.52. The molecule has 9 nitrogen and oxygen atoms in total. The molecular formula is C21H16N6O3. The Bertz CT molecular complexity index is 1280. The molecule has 148 valence electrons. The van der Waals surface area contributed by atoms with Gasteiger partial charge in [0.05, 0.1) is 29.6 Å². The van der Waals surface area contributed by atoms with Gasteiger partial charge in [0, 0.05) is 24.2 Å². The summed E-state index contributed by atoms with van der Waals surface area (Å²) in [6, 6.07) is 11.0. The number of pyridine rings is 1. The zero-order valence-corrected chi connectivity index (χ0v) is 16.2. The molecule has 4 rings (SSSR count). The van der Waals surface area contributed by atoms with E-state index in [1.54, 1.807) is 30.6 Å². The van der Waals surface area contributed by atoms with Gasteiger partial charge in [-0.2, -0.15) is 5.26 Å². The van der Waals surface area contributed by atoms with Crippen LogP contribution >= 0.6 is 0 Å². The van der Waals surface area contributed by atoms with Crippen LogP contribution in [0.1, 0.15) is 21.6 Å². The summed E-state index contributed by atoms with van der Waals surface area (Å²) in [5.41, 5.74) is 9.06. The molecule has 3 heterocycles. The Morgan fingerprint density at radius 1 is 1.20 bits per heavy atom. The summed E-state index contributed by atoms with van der Waals surface area (Å²) >= 11 is 0. The highest BCUT2D eigenvalue weighted by Crippen LogP contribution is 2.33. The maximum Gasteiger partial charge on any atom is 0.357 e. The molecule has 4 aromatic rings. The van der Waals surface area contributed by atoms with Crippen LogP contribution in [-0.4, -0.2) is 32.8 Å². The van der Waals surface area contributed by atoms with Crippen molar-refractivity contribution in [3.8, 4) is 34.7 Å². The first kappa shape index (κ1) is 18.9. The highest BCUT2D eigenvalue weighted by atomic mass is 16.5. The third-order valence-electron chi connectivity index (χ3n) is 4.54. The zero-order chi connectivity index (χ0) is 21.3. The molecule has 0 unspecified atom stereocenters. The zero-order valence-electron chi connectivity index (χ0n) is 16.2. The van der Waals surface area contributed by atoms with Gasteiger partial charge in [-0.25, -0.2) is 4.79 Å². The molecular weight excluding hydrogens is 384 g/mol. The van der Waals surface area contributed by atoms with Gasteiger partial charge in [-0.3, -0.25) is 4.98 Å². The first-order chi connectivity index (χ1) is 14.5. The summed E-state index contributed by atoms with van der Waals surface area (Å²) in [4.78, 5) is 16.4. The minimum atomic E-state index is -0.663. The van der Waals surface area contributed by atoms with E-state index in [-0.39, 0.29) is 22.8 Å². The van der Waals surface area contributed by atoms with E-state index < -0.39 is 5.97 Å². The second-order valence-corrected chi connectivity index (χ2v) is 6.45. The number of esters is 1. The number of carbonyl (C=O) groups is 1. The number of hydrogen-bond donors (Lipinski definition) is 1. The molecule has 0 amide bonds. The van der Waals surface area contributed by atoms with Gasteiger partial charge in [-0.05, 0) is 31.2 Å². The Labute approximate surface area is 171 Å². The van der Waals surface area contributed by atoms with E-state index >= 15 is 0 Å². The van der Waals surface area contributed by atoms with Crippen LogP contribution in [0.5, 0.6) is 0 Å². The number of aromatic nitrogens is 4. The van der Waals surface area contributed by atoms with Crippen LogP contribution < -0.4 is 5.73 Å². The molecule has 0 bridgehead atoms. The number of nitrogens with two attached hydrogens (primary N) is 1. The van der Waals surface area contributed by atoms with Gasteiger partial charge >= 0.3 is 5.97 Å². The number of ether oxygens (including phenoxy) is 1. The van der Waals surface area contributed by atoms with Crippen molar-refractivity contribution in [2.75, 3.05) is 12.8 Å². The van der Waals surface area contributed by atoms with Gasteiger partial charge in [-0.15, -0.1) is 10.2 Å². The SMILES string of the molecule is COC(=O)c1c(N)c(C#N)cn1-c1ccc(C)cc1-c1nnc(-c2ccncc2)o1. The molecule has 0 atom stereocenters. The average molecular weight is 400 g/mol. The van der Waals surface area contributed by atoms with Crippen molar-refractivity contribution in [1.82, 2.24) is 19.7 Å². The lowest BCUT2D eigenvalue weighted by molar-refractivity contribution is 0.0593. The number of benzene rings is 1. The lowest BCUT2D eigenvalue weighted by atomic mass is 10.1. The van der Waals surface area contributed by atoms with Crippen molar-refractivity contribution < 1.29 is 13.9 Å². The minimum absolute atomic E-state index is 0.0406. The Morgan fingerprint density at radius 3 is 2.63 bits per heavy atom. The van der Waals surface area contributed by atoms with E-state index in [1.807, 2.05) is 25.1 Å². The third kappa shape index (κ3) is 3.16. The van der Waals surface area contributed by atoms with Gasteiger partial charge in [-0.1, -0.05) is 11.6 Å². The molecule has 0 aliphatic carbocycles. The smallest absolute Gasteiger partial charge is 0.357 e. The third-order valence-corrected chi connectivity index (χ3v) is 4.54. The van der Waals surface area contributed by atoms with Crippen molar-refractivity contribution in [1.29, 1.82) is 5.26 Å². The van der Waals surface area contributed by atoms with E-state index in [0.29, 0.717) is 17.1 Å². The predicted molar refractivity (Wildman–Crippen MR) is 107 cm³/mol. The van der Waals surface area contributed by atoms with Crippen LogP contribution in [0, 0.1) is 18.3 Å². The second-order valence-electron chi connectivity index (χ2n) is 6.45. The first-order valence-corrected chi connectivity index (χ1v) is 8.88. The Morgan fingerprint density at radius 2 is 1.93 bits per heavy atom. The summed E-state index contributed by atoms with van der Waals surface area (Å²) in [7, 11) is 1.25. The van der Waals surface area contributed by atoms with Crippen LogP contribution in [0.15, 0.2) is 53.3 Å². The summed E-state index contributed by atoms with van der Waals surface area (Å²) < 4.78 is 12.3. The van der Waals surface area contributed by atoms with Crippen molar-refractivity contribution in [3.63, 3.8) is 0 Å². The topological polar surface area (TPSA) is 133 Å². The van der Waals surface area contributed by atoms with E-state index in [1.165, 1.54) is 17.9 Å². The van der Waals surface area contributed by atoms with Gasteiger partial charge in [0.2, 0.25) is 11.8 Å². The van der Waals surface area contributed by atoms with E-state index in [4.69, 9.17) is 14.9 Å². The Hall–Kier alpha value is -4.45. The highest BCUT2D eigenvalue weighted by molar-refractivity contribution is 5.96. The minimum Gasteiger partial charge on any atom is -0.464 e. The van der Waals surface area contributed by atoms with Crippen LogP contribution in [-0.2, 0) is 4.74 Å². The number of rotatable bonds is 4. The average Bonchev–Trinajstić information content (AvgIpc) is 3.38. The monoisotopic (exact) mass is 400 g/mol. The Kier molecular flexibility index (Phi) is 4.74. The fourth-order valence-electron chi connectivity index (χ4n) is 3.08.